The lowest BCUT2D eigenvalue weighted by Gasteiger charge is -2.16. The molecule has 2 N–H and O–H groups in total. The number of amides is 1. The highest BCUT2D eigenvalue weighted by atomic mass is 35.5. The number of ether oxygens (including phenoxy) is 3. The third kappa shape index (κ3) is 3.49. The van der Waals surface area contributed by atoms with Gasteiger partial charge in [0.25, 0.3) is 0 Å². The molecule has 1 aliphatic rings. The molecule has 24 heavy (non-hydrogen) atoms. The highest BCUT2D eigenvalue weighted by molar-refractivity contribution is 6.29. The largest absolute Gasteiger partial charge is 0.492 e. The Balaban J connectivity index is 1.95. The molecule has 2 aromatic carbocycles. The zero-order valence-corrected chi connectivity index (χ0v) is 13.9. The quantitative estimate of drug-likeness (QED) is 0.778. The fourth-order valence-electron chi connectivity index (χ4n) is 2.33. The fraction of sp³-hybridized carbons (Fsp3) is 0.235. The third-order valence-electron chi connectivity index (χ3n) is 3.36. The number of para-hydroxylation sites is 2. The number of halogens is 1. The summed E-state index contributed by atoms with van der Waals surface area (Å²) in [6.07, 6.45) is 0. The molecule has 0 aliphatic carbocycles. The Morgan fingerprint density at radius 2 is 1.88 bits per heavy atom. The summed E-state index contributed by atoms with van der Waals surface area (Å²) in [5, 5.41) is 6.02. The number of anilines is 3. The first-order valence-corrected chi connectivity index (χ1v) is 8.03. The summed E-state index contributed by atoms with van der Waals surface area (Å²) in [5.41, 5.74) is 1.99. The summed E-state index contributed by atoms with van der Waals surface area (Å²) in [6.45, 7) is 2.62. The van der Waals surface area contributed by atoms with Crippen LogP contribution in [0, 0.1) is 0 Å². The number of carbonyl (C=O) groups excluding carboxylic acids is 1. The van der Waals surface area contributed by atoms with Gasteiger partial charge in [0.1, 0.15) is 11.6 Å². The molecule has 1 amide bonds. The van der Waals surface area contributed by atoms with Crippen molar-refractivity contribution < 1.29 is 19.0 Å². The molecular formula is C17H17ClN2O4. The lowest BCUT2D eigenvalue weighted by atomic mass is 10.2. The van der Waals surface area contributed by atoms with Crippen LogP contribution in [0.1, 0.15) is 6.92 Å². The van der Waals surface area contributed by atoms with Gasteiger partial charge in [0.2, 0.25) is 12.7 Å². The molecule has 0 radical (unpaired) electrons. The van der Waals surface area contributed by atoms with Gasteiger partial charge in [-0.1, -0.05) is 12.1 Å². The predicted octanol–water partition coefficient (Wildman–Crippen LogP) is 3.73. The molecule has 126 valence electrons. The highest BCUT2D eigenvalue weighted by Crippen LogP contribution is 2.41. The van der Waals surface area contributed by atoms with Crippen LogP contribution in [0.4, 0.5) is 17.1 Å². The molecule has 2 aromatic rings. The molecule has 0 atom stereocenters. The standard InChI is InChI=1S/C17H17ClN2O4/c1-2-22-14-6-4-3-5-11(14)19-12-7-15-16(24-10-23-15)8-13(12)20-17(21)9-18/h3-8,19H,2,9-10H2,1H3,(H,20,21). The molecular weight excluding hydrogens is 332 g/mol. The van der Waals surface area contributed by atoms with E-state index < -0.39 is 0 Å². The molecule has 1 heterocycles. The zero-order chi connectivity index (χ0) is 16.9. The average Bonchev–Trinajstić information content (AvgIpc) is 3.04. The van der Waals surface area contributed by atoms with E-state index in [2.05, 4.69) is 10.6 Å². The number of fused-ring (bicyclic) bond motifs is 1. The maximum absolute atomic E-state index is 11.7. The van der Waals surface area contributed by atoms with Crippen LogP contribution < -0.4 is 24.8 Å². The van der Waals surface area contributed by atoms with E-state index in [1.807, 2.05) is 31.2 Å². The number of hydrogen-bond donors (Lipinski definition) is 2. The summed E-state index contributed by atoms with van der Waals surface area (Å²) in [7, 11) is 0. The van der Waals surface area contributed by atoms with Gasteiger partial charge < -0.3 is 24.8 Å². The number of rotatable bonds is 6. The first-order valence-electron chi connectivity index (χ1n) is 7.49. The fourth-order valence-corrected chi connectivity index (χ4v) is 2.40. The molecule has 0 fully saturated rings. The summed E-state index contributed by atoms with van der Waals surface area (Å²) in [6, 6.07) is 11.0. The van der Waals surface area contributed by atoms with Crippen molar-refractivity contribution in [3.05, 3.63) is 36.4 Å². The van der Waals surface area contributed by atoms with Gasteiger partial charge in [-0.3, -0.25) is 4.79 Å². The van der Waals surface area contributed by atoms with Crippen LogP contribution in [0.2, 0.25) is 0 Å². The van der Waals surface area contributed by atoms with E-state index in [4.69, 9.17) is 25.8 Å². The van der Waals surface area contributed by atoms with Crippen molar-refractivity contribution in [3.63, 3.8) is 0 Å². The van der Waals surface area contributed by atoms with Crippen molar-refractivity contribution in [2.75, 3.05) is 29.9 Å². The molecule has 6 nitrogen and oxygen atoms in total. The molecule has 0 saturated carbocycles. The van der Waals surface area contributed by atoms with Crippen LogP contribution in [0.5, 0.6) is 17.2 Å². The maximum Gasteiger partial charge on any atom is 0.239 e. The van der Waals surface area contributed by atoms with Crippen molar-refractivity contribution in [1.82, 2.24) is 0 Å². The van der Waals surface area contributed by atoms with Gasteiger partial charge >= 0.3 is 0 Å². The summed E-state index contributed by atoms with van der Waals surface area (Å²) in [5.74, 6) is 1.45. The monoisotopic (exact) mass is 348 g/mol. The smallest absolute Gasteiger partial charge is 0.239 e. The lowest BCUT2D eigenvalue weighted by molar-refractivity contribution is -0.113. The zero-order valence-electron chi connectivity index (χ0n) is 13.1. The van der Waals surface area contributed by atoms with Crippen LogP contribution in [0.3, 0.4) is 0 Å². The van der Waals surface area contributed by atoms with E-state index in [0.29, 0.717) is 35.2 Å². The van der Waals surface area contributed by atoms with Crippen LogP contribution in [-0.2, 0) is 4.79 Å². The Morgan fingerprint density at radius 3 is 2.58 bits per heavy atom. The van der Waals surface area contributed by atoms with Gasteiger partial charge in [-0.15, -0.1) is 11.6 Å². The van der Waals surface area contributed by atoms with Crippen molar-refractivity contribution in [2.45, 2.75) is 6.92 Å². The van der Waals surface area contributed by atoms with Gasteiger partial charge in [0.15, 0.2) is 11.5 Å². The third-order valence-corrected chi connectivity index (χ3v) is 3.61. The summed E-state index contributed by atoms with van der Waals surface area (Å²) in [4.78, 5) is 11.7. The normalized spacial score (nSPS) is 11.9. The number of carbonyl (C=O) groups is 1. The molecule has 0 aromatic heterocycles. The van der Waals surface area contributed by atoms with E-state index in [1.165, 1.54) is 0 Å². The predicted molar refractivity (Wildman–Crippen MR) is 92.8 cm³/mol. The second-order valence-electron chi connectivity index (χ2n) is 4.99. The van der Waals surface area contributed by atoms with Gasteiger partial charge in [-0.2, -0.15) is 0 Å². The first-order chi connectivity index (χ1) is 11.7. The molecule has 3 rings (SSSR count). The van der Waals surface area contributed by atoms with E-state index in [1.54, 1.807) is 12.1 Å². The van der Waals surface area contributed by atoms with Gasteiger partial charge in [0, 0.05) is 12.1 Å². The van der Waals surface area contributed by atoms with E-state index in [-0.39, 0.29) is 18.6 Å². The van der Waals surface area contributed by atoms with Crippen molar-refractivity contribution in [1.29, 1.82) is 0 Å². The second kappa shape index (κ2) is 7.31. The Kier molecular flexibility index (Phi) is 4.96. The minimum atomic E-state index is -0.309. The lowest BCUT2D eigenvalue weighted by Crippen LogP contribution is -2.14. The molecule has 0 bridgehead atoms. The first kappa shape index (κ1) is 16.3. The second-order valence-corrected chi connectivity index (χ2v) is 5.25. The Hall–Kier alpha value is -2.60. The Morgan fingerprint density at radius 1 is 1.17 bits per heavy atom. The summed E-state index contributed by atoms with van der Waals surface area (Å²) >= 11 is 5.59. The van der Waals surface area contributed by atoms with Crippen molar-refractivity contribution in [3.8, 4) is 17.2 Å². The molecule has 0 spiro atoms. The molecule has 0 unspecified atom stereocenters. The van der Waals surface area contributed by atoms with Crippen LogP contribution in [-0.4, -0.2) is 25.2 Å². The SMILES string of the molecule is CCOc1ccccc1Nc1cc2c(cc1NC(=O)CCl)OCO2. The van der Waals surface area contributed by atoms with Gasteiger partial charge in [-0.25, -0.2) is 0 Å². The average molecular weight is 349 g/mol. The van der Waals surface area contributed by atoms with Crippen LogP contribution in [0.15, 0.2) is 36.4 Å². The number of hydrogen-bond acceptors (Lipinski definition) is 5. The van der Waals surface area contributed by atoms with E-state index in [9.17, 15) is 4.79 Å². The van der Waals surface area contributed by atoms with Crippen LogP contribution >= 0.6 is 11.6 Å². The van der Waals surface area contributed by atoms with E-state index >= 15 is 0 Å². The minimum Gasteiger partial charge on any atom is -0.492 e. The van der Waals surface area contributed by atoms with Gasteiger partial charge in [0.05, 0.1) is 23.7 Å². The number of alkyl halides is 1. The highest BCUT2D eigenvalue weighted by Gasteiger charge is 2.19. The minimum absolute atomic E-state index is 0.136. The summed E-state index contributed by atoms with van der Waals surface area (Å²) < 4.78 is 16.4. The maximum atomic E-state index is 11.7. The molecule has 1 aliphatic heterocycles. The number of benzene rings is 2. The van der Waals surface area contributed by atoms with E-state index in [0.717, 1.165) is 5.69 Å². The van der Waals surface area contributed by atoms with Gasteiger partial charge in [-0.05, 0) is 19.1 Å². The topological polar surface area (TPSA) is 68.8 Å². The molecule has 7 heteroatoms. The Bertz CT molecular complexity index is 751. The van der Waals surface area contributed by atoms with Crippen LogP contribution in [0.25, 0.3) is 0 Å². The molecule has 0 saturated heterocycles. The number of nitrogens with one attached hydrogen (secondary N) is 2. The van der Waals surface area contributed by atoms with Crippen molar-refractivity contribution in [2.24, 2.45) is 0 Å². The Labute approximate surface area is 144 Å². The van der Waals surface area contributed by atoms with Crippen molar-refractivity contribution >= 4 is 34.6 Å².